The zero-order chi connectivity index (χ0) is 11.1. The molecular weight excluding hydrogens is 224 g/mol. The molecule has 0 atom stereocenters. The quantitative estimate of drug-likeness (QED) is 0.758. The van der Waals surface area contributed by atoms with Gasteiger partial charge in [-0.3, -0.25) is 4.79 Å². The van der Waals surface area contributed by atoms with E-state index in [4.69, 9.17) is 11.6 Å². The number of hydrogen-bond acceptors (Lipinski definition) is 2. The Bertz CT molecular complexity index is 574. The lowest BCUT2D eigenvalue weighted by atomic mass is 10.3. The molecule has 1 aromatic heterocycles. The van der Waals surface area contributed by atoms with E-state index in [9.17, 15) is 4.79 Å². The molecule has 3 rings (SSSR count). The Morgan fingerprint density at radius 1 is 1.25 bits per heavy atom. The molecule has 1 aromatic carbocycles. The molecule has 0 radical (unpaired) electrons. The van der Waals surface area contributed by atoms with Gasteiger partial charge >= 0.3 is 0 Å². The molecule has 0 fully saturated rings. The second kappa shape index (κ2) is 3.46. The number of nitrogens with zero attached hydrogens (tertiary/aromatic N) is 2. The number of carbonyl (C=O) groups excluding carboxylic acids is 1. The summed E-state index contributed by atoms with van der Waals surface area (Å²) < 4.78 is 1.68. The Hall–Kier alpha value is -1.61. The molecule has 4 heteroatoms. The van der Waals surface area contributed by atoms with Crippen molar-refractivity contribution in [3.63, 3.8) is 0 Å². The highest BCUT2D eigenvalue weighted by molar-refractivity contribution is 6.32. The lowest BCUT2D eigenvalue weighted by Crippen LogP contribution is -2.00. The molecule has 2 aromatic rings. The third kappa shape index (κ3) is 1.36. The fourth-order valence-electron chi connectivity index (χ4n) is 1.95. The third-order valence-electron chi connectivity index (χ3n) is 2.77. The second-order valence-corrected chi connectivity index (χ2v) is 4.23. The monoisotopic (exact) mass is 232 g/mol. The molecule has 80 valence electrons. The van der Waals surface area contributed by atoms with Crippen LogP contribution in [0, 0.1) is 0 Å². The summed E-state index contributed by atoms with van der Waals surface area (Å²) in [6.07, 6.45) is 3.26. The van der Waals surface area contributed by atoms with Gasteiger partial charge in [-0.25, -0.2) is 4.68 Å². The van der Waals surface area contributed by atoms with Gasteiger partial charge in [-0.15, -0.1) is 0 Å². The minimum absolute atomic E-state index is 0.126. The molecule has 0 saturated carbocycles. The molecule has 0 saturated heterocycles. The number of Topliss-reactive ketones (excluding diaryl/α,β-unsaturated/α-hetero) is 1. The van der Waals surface area contributed by atoms with E-state index in [2.05, 4.69) is 5.10 Å². The van der Waals surface area contributed by atoms with Gasteiger partial charge < -0.3 is 0 Å². The second-order valence-electron chi connectivity index (χ2n) is 3.82. The number of ketones is 1. The number of fused-ring (bicyclic) bond motifs is 1. The molecule has 0 bridgehead atoms. The van der Waals surface area contributed by atoms with Crippen LogP contribution in [0.1, 0.15) is 22.5 Å². The van der Waals surface area contributed by atoms with Crippen molar-refractivity contribution >= 4 is 17.4 Å². The summed E-state index contributed by atoms with van der Waals surface area (Å²) >= 11 is 6.07. The predicted molar refractivity (Wildman–Crippen MR) is 61.2 cm³/mol. The highest BCUT2D eigenvalue weighted by Crippen LogP contribution is 2.24. The van der Waals surface area contributed by atoms with Crippen molar-refractivity contribution in [3.05, 3.63) is 46.7 Å². The number of aromatic nitrogens is 2. The molecular formula is C12H9ClN2O. The maximum atomic E-state index is 11.5. The molecule has 1 aliphatic rings. The number of halogens is 1. The van der Waals surface area contributed by atoms with E-state index in [1.54, 1.807) is 4.68 Å². The van der Waals surface area contributed by atoms with E-state index < -0.39 is 0 Å². The Morgan fingerprint density at radius 3 is 2.81 bits per heavy atom. The Balaban J connectivity index is 2.12. The largest absolute Gasteiger partial charge is 0.292 e. The van der Waals surface area contributed by atoms with Crippen molar-refractivity contribution in [1.82, 2.24) is 9.78 Å². The summed E-state index contributed by atoms with van der Waals surface area (Å²) in [5.41, 5.74) is 2.43. The van der Waals surface area contributed by atoms with Crippen molar-refractivity contribution in [2.24, 2.45) is 0 Å². The average molecular weight is 233 g/mol. The van der Waals surface area contributed by atoms with Gasteiger partial charge in [-0.05, 0) is 18.6 Å². The maximum absolute atomic E-state index is 11.5. The third-order valence-corrected chi connectivity index (χ3v) is 3.09. The Morgan fingerprint density at radius 2 is 2.06 bits per heavy atom. The van der Waals surface area contributed by atoms with Gasteiger partial charge in [0.05, 0.1) is 10.7 Å². The standard InChI is InChI=1S/C12H9ClN2O/c13-9-3-1-2-4-10(9)15-7-8-5-6-11(16)12(8)14-15/h1-4,7H,5-6H2. The van der Waals surface area contributed by atoms with Crippen molar-refractivity contribution in [2.75, 3.05) is 0 Å². The van der Waals surface area contributed by atoms with Crippen LogP contribution in [-0.4, -0.2) is 15.6 Å². The summed E-state index contributed by atoms with van der Waals surface area (Å²) in [6.45, 7) is 0. The molecule has 0 spiro atoms. The topological polar surface area (TPSA) is 34.9 Å². The van der Waals surface area contributed by atoms with Gasteiger partial charge in [0, 0.05) is 18.2 Å². The minimum atomic E-state index is 0.126. The van der Waals surface area contributed by atoms with Crippen LogP contribution in [-0.2, 0) is 6.42 Å². The molecule has 0 amide bonds. The lowest BCUT2D eigenvalue weighted by molar-refractivity contribution is 0.0989. The van der Waals surface area contributed by atoms with Crippen molar-refractivity contribution < 1.29 is 4.79 Å². The van der Waals surface area contributed by atoms with E-state index in [-0.39, 0.29) is 5.78 Å². The summed E-state index contributed by atoms with van der Waals surface area (Å²) in [5, 5.41) is 4.92. The first-order chi connectivity index (χ1) is 7.75. The van der Waals surface area contributed by atoms with Crippen LogP contribution in [0.4, 0.5) is 0 Å². The molecule has 0 N–H and O–H groups in total. The number of aryl methyl sites for hydroxylation is 1. The van der Waals surface area contributed by atoms with Crippen LogP contribution in [0.5, 0.6) is 0 Å². The van der Waals surface area contributed by atoms with Gasteiger partial charge in [0.25, 0.3) is 0 Å². The van der Waals surface area contributed by atoms with E-state index in [1.165, 1.54) is 0 Å². The van der Waals surface area contributed by atoms with Crippen LogP contribution >= 0.6 is 11.6 Å². The van der Waals surface area contributed by atoms with Gasteiger partial charge in [-0.2, -0.15) is 5.10 Å². The van der Waals surface area contributed by atoms with E-state index >= 15 is 0 Å². The fraction of sp³-hybridized carbons (Fsp3) is 0.167. The van der Waals surface area contributed by atoms with Crippen LogP contribution in [0.3, 0.4) is 0 Å². The van der Waals surface area contributed by atoms with Gasteiger partial charge in [-0.1, -0.05) is 23.7 Å². The number of hydrogen-bond donors (Lipinski definition) is 0. The zero-order valence-corrected chi connectivity index (χ0v) is 9.24. The van der Waals surface area contributed by atoms with Crippen molar-refractivity contribution in [2.45, 2.75) is 12.8 Å². The number of rotatable bonds is 1. The number of para-hydroxylation sites is 1. The molecule has 1 heterocycles. The van der Waals surface area contributed by atoms with Gasteiger partial charge in [0.15, 0.2) is 5.78 Å². The summed E-state index contributed by atoms with van der Waals surface area (Å²) in [6, 6.07) is 7.46. The first-order valence-corrected chi connectivity index (χ1v) is 5.50. The van der Waals surface area contributed by atoms with Crippen LogP contribution in [0.25, 0.3) is 5.69 Å². The molecule has 3 nitrogen and oxygen atoms in total. The fourth-order valence-corrected chi connectivity index (χ4v) is 2.18. The first-order valence-electron chi connectivity index (χ1n) is 5.12. The Labute approximate surface area is 97.6 Å². The molecule has 0 unspecified atom stereocenters. The zero-order valence-electron chi connectivity index (χ0n) is 8.48. The van der Waals surface area contributed by atoms with Crippen LogP contribution in [0.15, 0.2) is 30.5 Å². The summed E-state index contributed by atoms with van der Waals surface area (Å²) in [7, 11) is 0. The first kappa shape index (κ1) is 9.60. The van der Waals surface area contributed by atoms with Gasteiger partial charge in [0.2, 0.25) is 0 Å². The van der Waals surface area contributed by atoms with Gasteiger partial charge in [0.1, 0.15) is 5.69 Å². The SMILES string of the molecule is O=C1CCc2cn(-c3ccccc3Cl)nc21. The summed E-state index contributed by atoms with van der Waals surface area (Å²) in [5.74, 6) is 0.126. The minimum Gasteiger partial charge on any atom is -0.292 e. The van der Waals surface area contributed by atoms with E-state index in [0.29, 0.717) is 17.1 Å². The lowest BCUT2D eigenvalue weighted by Gasteiger charge is -2.03. The van der Waals surface area contributed by atoms with Crippen LogP contribution < -0.4 is 0 Å². The highest BCUT2D eigenvalue weighted by atomic mass is 35.5. The average Bonchev–Trinajstić information content (AvgIpc) is 2.82. The highest BCUT2D eigenvalue weighted by Gasteiger charge is 2.24. The van der Waals surface area contributed by atoms with E-state index in [0.717, 1.165) is 17.7 Å². The van der Waals surface area contributed by atoms with Crippen LogP contribution in [0.2, 0.25) is 5.02 Å². The normalized spacial score (nSPS) is 14.2. The Kier molecular flexibility index (Phi) is 2.07. The predicted octanol–water partition coefficient (Wildman–Crippen LogP) is 2.65. The van der Waals surface area contributed by atoms with E-state index in [1.807, 2.05) is 30.5 Å². The maximum Gasteiger partial charge on any atom is 0.183 e. The molecule has 1 aliphatic carbocycles. The smallest absolute Gasteiger partial charge is 0.183 e. The van der Waals surface area contributed by atoms with Crippen molar-refractivity contribution in [1.29, 1.82) is 0 Å². The molecule has 0 aliphatic heterocycles. The van der Waals surface area contributed by atoms with Crippen molar-refractivity contribution in [3.8, 4) is 5.69 Å². The summed E-state index contributed by atoms with van der Waals surface area (Å²) in [4.78, 5) is 11.5. The number of carbonyl (C=O) groups is 1. The molecule has 16 heavy (non-hydrogen) atoms. The number of benzene rings is 1.